The lowest BCUT2D eigenvalue weighted by Crippen LogP contribution is -2.20. The van der Waals surface area contributed by atoms with Crippen molar-refractivity contribution in [2.24, 2.45) is 7.05 Å². The lowest BCUT2D eigenvalue weighted by Gasteiger charge is -2.11. The molecule has 0 aliphatic carbocycles. The van der Waals surface area contributed by atoms with Crippen LogP contribution in [0.1, 0.15) is 5.82 Å². The van der Waals surface area contributed by atoms with Crippen LogP contribution in [0, 0.1) is 0 Å². The molecule has 11 heteroatoms. The first-order chi connectivity index (χ1) is 13.0. The van der Waals surface area contributed by atoms with Crippen LogP contribution in [-0.2, 0) is 12.8 Å². The van der Waals surface area contributed by atoms with Crippen LogP contribution in [-0.4, -0.2) is 48.2 Å². The highest BCUT2D eigenvalue weighted by Crippen LogP contribution is 2.24. The third-order valence-corrected chi connectivity index (χ3v) is 4.94. The number of nitrogen functional groups attached to an aromatic ring is 1. The highest BCUT2D eigenvalue weighted by Gasteiger charge is 2.16. The summed E-state index contributed by atoms with van der Waals surface area (Å²) in [6.45, 7) is 0. The number of hydrogen-bond donors (Lipinski definition) is 1. The topological polar surface area (TPSA) is 120 Å². The van der Waals surface area contributed by atoms with Crippen LogP contribution in [0.15, 0.2) is 34.2 Å². The van der Waals surface area contributed by atoms with Gasteiger partial charge in [-0.05, 0) is 12.1 Å². The van der Waals surface area contributed by atoms with E-state index in [0.717, 1.165) is 5.52 Å². The quantitative estimate of drug-likeness (QED) is 0.508. The van der Waals surface area contributed by atoms with Gasteiger partial charge in [-0.15, -0.1) is 10.2 Å². The highest BCUT2D eigenvalue weighted by molar-refractivity contribution is 7.98. The molecule has 0 atom stereocenters. The maximum Gasteiger partial charge on any atom is 0.262 e. The molecule has 2 N–H and O–H groups in total. The summed E-state index contributed by atoms with van der Waals surface area (Å²) in [5, 5.41) is 9.67. The number of nitrogens with two attached hydrogens (primary N) is 1. The van der Waals surface area contributed by atoms with Gasteiger partial charge in [-0.25, -0.2) is 0 Å². The number of aromatic nitrogens is 7. The zero-order chi connectivity index (χ0) is 19.1. The predicted molar refractivity (Wildman–Crippen MR) is 104 cm³/mol. The Labute approximate surface area is 158 Å². The number of aryl methyl sites for hydroxylation is 1. The molecule has 0 fully saturated rings. The summed E-state index contributed by atoms with van der Waals surface area (Å²) in [4.78, 5) is 26.9. The normalized spacial score (nSPS) is 11.4. The standard InChI is InChI=1S/C16H17N9OS/c1-23(2)14-19-11(18-13(17)20-14)8-27-16-22-21-15-24(3)12(26)9-6-4-5-7-10(9)25(15)16/h4-7H,8H2,1-3H3,(H2,17,18,19,20). The van der Waals surface area contributed by atoms with Crippen molar-refractivity contribution >= 4 is 40.3 Å². The molecule has 0 radical (unpaired) electrons. The van der Waals surface area contributed by atoms with Gasteiger partial charge in [-0.2, -0.15) is 15.0 Å². The Bertz CT molecular complexity index is 1210. The van der Waals surface area contributed by atoms with Crippen LogP contribution in [0.2, 0.25) is 0 Å². The van der Waals surface area contributed by atoms with Crippen LogP contribution in [0.25, 0.3) is 16.7 Å². The molecule has 0 aliphatic rings. The van der Waals surface area contributed by atoms with Crippen molar-refractivity contribution in [2.75, 3.05) is 24.7 Å². The molecule has 0 bridgehead atoms. The summed E-state index contributed by atoms with van der Waals surface area (Å²) >= 11 is 1.42. The third kappa shape index (κ3) is 2.95. The number of para-hydroxylation sites is 1. The smallest absolute Gasteiger partial charge is 0.262 e. The minimum atomic E-state index is -0.108. The number of thioether (sulfide) groups is 1. The third-order valence-electron chi connectivity index (χ3n) is 4.01. The molecule has 0 spiro atoms. The van der Waals surface area contributed by atoms with E-state index in [1.165, 1.54) is 16.3 Å². The fourth-order valence-electron chi connectivity index (χ4n) is 2.72. The van der Waals surface area contributed by atoms with Gasteiger partial charge >= 0.3 is 0 Å². The van der Waals surface area contributed by atoms with E-state index >= 15 is 0 Å². The van der Waals surface area contributed by atoms with Gasteiger partial charge in [0, 0.05) is 21.1 Å². The SMILES string of the molecule is CN(C)c1nc(N)nc(CSc2nnc3n(C)c(=O)c4ccccc4n23)n1. The van der Waals surface area contributed by atoms with E-state index in [-0.39, 0.29) is 11.5 Å². The van der Waals surface area contributed by atoms with Crippen LogP contribution in [0.4, 0.5) is 11.9 Å². The van der Waals surface area contributed by atoms with Crippen molar-refractivity contribution < 1.29 is 0 Å². The zero-order valence-corrected chi connectivity index (χ0v) is 15.8. The summed E-state index contributed by atoms with van der Waals surface area (Å²) in [5.74, 6) is 2.12. The molecule has 27 heavy (non-hydrogen) atoms. The fourth-order valence-corrected chi connectivity index (χ4v) is 3.52. The fraction of sp³-hybridized carbons (Fsp3) is 0.250. The van der Waals surface area contributed by atoms with Gasteiger partial charge in [-0.3, -0.25) is 13.8 Å². The van der Waals surface area contributed by atoms with Crippen molar-refractivity contribution in [2.45, 2.75) is 10.9 Å². The largest absolute Gasteiger partial charge is 0.368 e. The lowest BCUT2D eigenvalue weighted by molar-refractivity contribution is 0.853. The van der Waals surface area contributed by atoms with E-state index in [2.05, 4.69) is 25.1 Å². The summed E-state index contributed by atoms with van der Waals surface area (Å²) in [7, 11) is 5.36. The lowest BCUT2D eigenvalue weighted by atomic mass is 10.2. The molecule has 10 nitrogen and oxygen atoms in total. The average molecular weight is 383 g/mol. The first-order valence-electron chi connectivity index (χ1n) is 8.09. The van der Waals surface area contributed by atoms with Gasteiger partial charge in [0.1, 0.15) is 5.82 Å². The maximum atomic E-state index is 12.5. The van der Waals surface area contributed by atoms with E-state index in [1.807, 2.05) is 36.7 Å². The molecule has 0 unspecified atom stereocenters. The number of nitrogens with zero attached hydrogens (tertiary/aromatic N) is 8. The van der Waals surface area contributed by atoms with E-state index in [1.54, 1.807) is 18.0 Å². The Kier molecular flexibility index (Phi) is 4.15. The highest BCUT2D eigenvalue weighted by atomic mass is 32.2. The summed E-state index contributed by atoms with van der Waals surface area (Å²) in [6, 6.07) is 7.39. The summed E-state index contributed by atoms with van der Waals surface area (Å²) in [5.41, 5.74) is 6.43. The van der Waals surface area contributed by atoms with Crippen molar-refractivity contribution in [3.05, 3.63) is 40.4 Å². The first kappa shape index (κ1) is 17.2. The first-order valence-corrected chi connectivity index (χ1v) is 9.07. The Morgan fingerprint density at radius 2 is 1.93 bits per heavy atom. The summed E-state index contributed by atoms with van der Waals surface area (Å²) in [6.07, 6.45) is 0. The Morgan fingerprint density at radius 3 is 2.70 bits per heavy atom. The Morgan fingerprint density at radius 1 is 1.15 bits per heavy atom. The molecule has 4 aromatic rings. The Hall–Kier alpha value is -3.21. The molecule has 0 aliphatic heterocycles. The summed E-state index contributed by atoms with van der Waals surface area (Å²) < 4.78 is 3.35. The number of fused-ring (bicyclic) bond motifs is 3. The molecule has 4 rings (SSSR count). The second-order valence-corrected chi connectivity index (χ2v) is 7.03. The molecule has 138 valence electrons. The second kappa shape index (κ2) is 6.50. The van der Waals surface area contributed by atoms with E-state index < -0.39 is 0 Å². The molecule has 3 heterocycles. The van der Waals surface area contributed by atoms with Gasteiger partial charge in [0.25, 0.3) is 5.56 Å². The molecule has 0 saturated carbocycles. The van der Waals surface area contributed by atoms with Crippen LogP contribution < -0.4 is 16.2 Å². The number of hydrogen-bond acceptors (Lipinski definition) is 9. The second-order valence-electron chi connectivity index (χ2n) is 6.09. The van der Waals surface area contributed by atoms with Crippen LogP contribution in [0.3, 0.4) is 0 Å². The van der Waals surface area contributed by atoms with Gasteiger partial charge < -0.3 is 10.6 Å². The number of anilines is 2. The van der Waals surface area contributed by atoms with Gasteiger partial charge in [0.15, 0.2) is 5.16 Å². The average Bonchev–Trinajstić information content (AvgIpc) is 3.08. The molecular formula is C16H17N9OS. The molecular weight excluding hydrogens is 366 g/mol. The zero-order valence-electron chi connectivity index (χ0n) is 15.0. The van der Waals surface area contributed by atoms with Crippen LogP contribution >= 0.6 is 11.8 Å². The van der Waals surface area contributed by atoms with Crippen molar-refractivity contribution in [3.63, 3.8) is 0 Å². The van der Waals surface area contributed by atoms with Gasteiger partial charge in [-0.1, -0.05) is 23.9 Å². The minimum Gasteiger partial charge on any atom is -0.368 e. The molecule has 0 amide bonds. The van der Waals surface area contributed by atoms with E-state index in [0.29, 0.717) is 33.8 Å². The Balaban J connectivity index is 1.77. The van der Waals surface area contributed by atoms with Gasteiger partial charge in [0.05, 0.1) is 16.7 Å². The maximum absolute atomic E-state index is 12.5. The number of benzene rings is 1. The van der Waals surface area contributed by atoms with Crippen molar-refractivity contribution in [1.82, 2.24) is 34.1 Å². The van der Waals surface area contributed by atoms with E-state index in [9.17, 15) is 4.79 Å². The van der Waals surface area contributed by atoms with E-state index in [4.69, 9.17) is 5.73 Å². The minimum absolute atomic E-state index is 0.108. The monoisotopic (exact) mass is 383 g/mol. The molecule has 1 aromatic carbocycles. The van der Waals surface area contributed by atoms with Crippen molar-refractivity contribution in [1.29, 1.82) is 0 Å². The predicted octanol–water partition coefficient (Wildman–Crippen LogP) is 0.707. The van der Waals surface area contributed by atoms with Crippen molar-refractivity contribution in [3.8, 4) is 0 Å². The van der Waals surface area contributed by atoms with Crippen LogP contribution in [0.5, 0.6) is 0 Å². The molecule has 0 saturated heterocycles. The van der Waals surface area contributed by atoms with Gasteiger partial charge in [0.2, 0.25) is 17.7 Å². The number of rotatable bonds is 4. The molecule has 3 aromatic heterocycles.